The van der Waals surface area contributed by atoms with Crippen molar-refractivity contribution in [1.82, 2.24) is 0 Å². The molecular weight excluding hydrogens is 247 g/mol. The monoisotopic (exact) mass is 260 g/mol. The van der Waals surface area contributed by atoms with Crippen molar-refractivity contribution in [1.29, 1.82) is 0 Å². The maximum atomic E-state index is 13.6. The van der Waals surface area contributed by atoms with Crippen LogP contribution in [-0.4, -0.2) is 0 Å². The van der Waals surface area contributed by atoms with Gasteiger partial charge in [0.05, 0.1) is 0 Å². The predicted octanol–water partition coefficient (Wildman–Crippen LogP) is 5.59. The lowest BCUT2D eigenvalue weighted by Gasteiger charge is -2.10. The van der Waals surface area contributed by atoms with Crippen LogP contribution in [0.1, 0.15) is 5.56 Å². The van der Waals surface area contributed by atoms with Crippen LogP contribution in [-0.2, 0) is 0 Å². The van der Waals surface area contributed by atoms with Crippen molar-refractivity contribution >= 4 is 32.3 Å². The molecule has 1 heteroatoms. The molecule has 0 saturated heterocycles. The summed E-state index contributed by atoms with van der Waals surface area (Å²) in [6, 6.07) is 19.7. The van der Waals surface area contributed by atoms with E-state index in [1.807, 2.05) is 18.2 Å². The normalized spacial score (nSPS) is 11.5. The summed E-state index contributed by atoms with van der Waals surface area (Å²) in [7, 11) is 0. The lowest BCUT2D eigenvalue weighted by Crippen LogP contribution is -1.85. The Kier molecular flexibility index (Phi) is 2.31. The molecule has 0 spiro atoms. The SMILES string of the molecule is Cc1cc2ccccc2c2ccc3ccc(F)cc3c12. The molecule has 4 aromatic rings. The molecule has 0 atom stereocenters. The van der Waals surface area contributed by atoms with E-state index in [1.54, 1.807) is 6.07 Å². The predicted molar refractivity (Wildman–Crippen MR) is 83.7 cm³/mol. The van der Waals surface area contributed by atoms with E-state index in [-0.39, 0.29) is 5.82 Å². The maximum absolute atomic E-state index is 13.6. The van der Waals surface area contributed by atoms with E-state index in [0.29, 0.717) is 0 Å². The van der Waals surface area contributed by atoms with Crippen molar-refractivity contribution < 1.29 is 4.39 Å². The minimum Gasteiger partial charge on any atom is -0.207 e. The van der Waals surface area contributed by atoms with Gasteiger partial charge in [-0.15, -0.1) is 0 Å². The molecular formula is C19H13F. The van der Waals surface area contributed by atoms with Crippen LogP contribution in [0, 0.1) is 12.7 Å². The number of aryl methyl sites for hydroxylation is 1. The molecule has 0 bridgehead atoms. The van der Waals surface area contributed by atoms with E-state index in [9.17, 15) is 4.39 Å². The minimum absolute atomic E-state index is 0.183. The summed E-state index contributed by atoms with van der Waals surface area (Å²) in [5, 5.41) is 6.87. The Bertz CT molecular complexity index is 967. The molecule has 0 N–H and O–H groups in total. The van der Waals surface area contributed by atoms with E-state index >= 15 is 0 Å². The van der Waals surface area contributed by atoms with E-state index in [4.69, 9.17) is 0 Å². The Morgan fingerprint density at radius 1 is 0.700 bits per heavy atom. The van der Waals surface area contributed by atoms with Gasteiger partial charge < -0.3 is 0 Å². The Morgan fingerprint density at radius 2 is 1.50 bits per heavy atom. The fourth-order valence-electron chi connectivity index (χ4n) is 3.11. The third kappa shape index (κ3) is 1.53. The van der Waals surface area contributed by atoms with Crippen LogP contribution in [0.2, 0.25) is 0 Å². The molecule has 0 aliphatic carbocycles. The topological polar surface area (TPSA) is 0 Å². The number of benzene rings is 4. The van der Waals surface area contributed by atoms with Crippen LogP contribution >= 0.6 is 0 Å². The zero-order chi connectivity index (χ0) is 13.7. The highest BCUT2D eigenvalue weighted by atomic mass is 19.1. The molecule has 0 unspecified atom stereocenters. The number of hydrogen-bond donors (Lipinski definition) is 0. The van der Waals surface area contributed by atoms with Crippen molar-refractivity contribution in [2.75, 3.05) is 0 Å². The molecule has 4 rings (SSSR count). The standard InChI is InChI=1S/C19H13F/c1-12-10-14-4-2-3-5-16(14)17-9-7-13-6-8-15(20)11-18(13)19(12)17/h2-11H,1H3. The van der Waals surface area contributed by atoms with Gasteiger partial charge in [0, 0.05) is 0 Å². The third-order valence-electron chi connectivity index (χ3n) is 4.00. The van der Waals surface area contributed by atoms with E-state index < -0.39 is 0 Å². The van der Waals surface area contributed by atoms with Gasteiger partial charge in [0.1, 0.15) is 5.82 Å². The van der Waals surface area contributed by atoms with Crippen molar-refractivity contribution in [3.63, 3.8) is 0 Å². The third-order valence-corrected chi connectivity index (χ3v) is 4.00. The second-order valence-electron chi connectivity index (χ2n) is 5.27. The van der Waals surface area contributed by atoms with Gasteiger partial charge in [-0.25, -0.2) is 4.39 Å². The van der Waals surface area contributed by atoms with Crippen molar-refractivity contribution in [3.05, 3.63) is 72.0 Å². The molecule has 0 radical (unpaired) electrons. The molecule has 0 heterocycles. The Hall–Kier alpha value is -2.41. The zero-order valence-corrected chi connectivity index (χ0v) is 11.2. The van der Waals surface area contributed by atoms with E-state index in [2.05, 4.69) is 37.3 Å². The Balaban J connectivity index is 2.33. The molecule has 0 nitrogen and oxygen atoms in total. The summed E-state index contributed by atoms with van der Waals surface area (Å²) in [4.78, 5) is 0. The van der Waals surface area contributed by atoms with Gasteiger partial charge in [-0.2, -0.15) is 0 Å². The molecule has 0 amide bonds. The van der Waals surface area contributed by atoms with Crippen LogP contribution in [0.15, 0.2) is 60.7 Å². The smallest absolute Gasteiger partial charge is 0.123 e. The summed E-state index contributed by atoms with van der Waals surface area (Å²) in [6.07, 6.45) is 0. The van der Waals surface area contributed by atoms with Crippen LogP contribution in [0.3, 0.4) is 0 Å². The first-order chi connectivity index (χ1) is 9.74. The highest BCUT2D eigenvalue weighted by Gasteiger charge is 2.08. The molecule has 0 fully saturated rings. The number of fused-ring (bicyclic) bond motifs is 5. The lowest BCUT2D eigenvalue weighted by molar-refractivity contribution is 0.630. The highest BCUT2D eigenvalue weighted by Crippen LogP contribution is 2.34. The number of hydrogen-bond acceptors (Lipinski definition) is 0. The second-order valence-corrected chi connectivity index (χ2v) is 5.27. The van der Waals surface area contributed by atoms with Gasteiger partial charge in [0.25, 0.3) is 0 Å². The molecule has 96 valence electrons. The van der Waals surface area contributed by atoms with Gasteiger partial charge >= 0.3 is 0 Å². The quantitative estimate of drug-likeness (QED) is 0.361. The van der Waals surface area contributed by atoms with E-state index in [0.717, 1.165) is 16.2 Å². The summed E-state index contributed by atoms with van der Waals surface area (Å²) >= 11 is 0. The average molecular weight is 260 g/mol. The summed E-state index contributed by atoms with van der Waals surface area (Å²) in [5.41, 5.74) is 1.19. The minimum atomic E-state index is -0.183. The van der Waals surface area contributed by atoms with Gasteiger partial charge in [0.2, 0.25) is 0 Å². The summed E-state index contributed by atoms with van der Waals surface area (Å²) < 4.78 is 13.6. The largest absolute Gasteiger partial charge is 0.207 e. The number of rotatable bonds is 0. The lowest BCUT2D eigenvalue weighted by atomic mass is 9.93. The van der Waals surface area contributed by atoms with Gasteiger partial charge in [-0.1, -0.05) is 48.5 Å². The number of halogens is 1. The van der Waals surface area contributed by atoms with Crippen LogP contribution in [0.5, 0.6) is 0 Å². The van der Waals surface area contributed by atoms with Crippen LogP contribution in [0.4, 0.5) is 4.39 Å². The van der Waals surface area contributed by atoms with Crippen molar-refractivity contribution in [2.24, 2.45) is 0 Å². The highest BCUT2D eigenvalue weighted by molar-refractivity contribution is 6.18. The first-order valence-electron chi connectivity index (χ1n) is 6.74. The maximum Gasteiger partial charge on any atom is 0.123 e. The molecule has 0 aromatic heterocycles. The fourth-order valence-corrected chi connectivity index (χ4v) is 3.11. The van der Waals surface area contributed by atoms with E-state index in [1.165, 1.54) is 27.8 Å². The second kappa shape index (κ2) is 4.04. The van der Waals surface area contributed by atoms with Gasteiger partial charge in [-0.3, -0.25) is 0 Å². The van der Waals surface area contributed by atoms with Crippen LogP contribution < -0.4 is 0 Å². The Morgan fingerprint density at radius 3 is 2.40 bits per heavy atom. The molecule has 4 aromatic carbocycles. The summed E-state index contributed by atoms with van der Waals surface area (Å²) in [5.74, 6) is -0.183. The van der Waals surface area contributed by atoms with Crippen molar-refractivity contribution in [3.8, 4) is 0 Å². The zero-order valence-electron chi connectivity index (χ0n) is 11.2. The molecule has 20 heavy (non-hydrogen) atoms. The first kappa shape index (κ1) is 11.4. The van der Waals surface area contributed by atoms with Crippen molar-refractivity contribution in [2.45, 2.75) is 6.92 Å². The Labute approximate surface area is 116 Å². The molecule has 0 aliphatic heterocycles. The van der Waals surface area contributed by atoms with Gasteiger partial charge in [0.15, 0.2) is 0 Å². The van der Waals surface area contributed by atoms with Crippen LogP contribution in [0.25, 0.3) is 32.3 Å². The van der Waals surface area contributed by atoms with Gasteiger partial charge in [-0.05, 0) is 56.9 Å². The fraction of sp³-hybridized carbons (Fsp3) is 0.0526. The average Bonchev–Trinajstić information content (AvgIpc) is 2.46. The molecule has 0 aliphatic rings. The first-order valence-corrected chi connectivity index (χ1v) is 6.74. The summed E-state index contributed by atoms with van der Waals surface area (Å²) in [6.45, 7) is 2.10. The molecule has 0 saturated carbocycles.